The van der Waals surface area contributed by atoms with E-state index in [-0.39, 0.29) is 36.3 Å². The Balaban J connectivity index is 1.90. The van der Waals surface area contributed by atoms with Crippen molar-refractivity contribution in [2.75, 3.05) is 26.7 Å². The summed E-state index contributed by atoms with van der Waals surface area (Å²) in [7, 11) is 1.71. The van der Waals surface area contributed by atoms with E-state index < -0.39 is 6.10 Å². The highest BCUT2D eigenvalue weighted by atomic mass is 79.9. The van der Waals surface area contributed by atoms with E-state index in [0.29, 0.717) is 28.7 Å². The zero-order valence-corrected chi connectivity index (χ0v) is 18.7. The van der Waals surface area contributed by atoms with E-state index in [1.165, 1.54) is 6.20 Å². The normalized spacial score (nSPS) is 19.9. The van der Waals surface area contributed by atoms with Gasteiger partial charge in [-0.05, 0) is 41.1 Å². The molecule has 2 amide bonds. The molecule has 0 aromatic carbocycles. The van der Waals surface area contributed by atoms with Crippen LogP contribution in [0, 0.1) is 5.92 Å². The number of carbonyl (C=O) groups is 2. The van der Waals surface area contributed by atoms with Crippen LogP contribution >= 0.6 is 15.9 Å². The number of amides is 2. The standard InChI is InChI=1S/C21H25BrN4O4/c1-13-10-26(14(2)12-27)21(29)17-7-16(22)9-24-19(17)30-18(13)11-25(3)20(28)15-5-4-6-23-8-15/h4-9,13-14,18,27H,10-12H2,1-3H3/t13-,14+,18-/m1/s1. The number of pyridine rings is 2. The number of halogens is 1. The molecule has 3 atom stereocenters. The van der Waals surface area contributed by atoms with Crippen LogP contribution < -0.4 is 4.74 Å². The van der Waals surface area contributed by atoms with Gasteiger partial charge in [0.15, 0.2) is 0 Å². The molecule has 0 aliphatic carbocycles. The Labute approximate surface area is 184 Å². The second kappa shape index (κ2) is 9.53. The lowest BCUT2D eigenvalue weighted by Gasteiger charge is -2.37. The van der Waals surface area contributed by atoms with Crippen LogP contribution in [0.2, 0.25) is 0 Å². The number of hydrogen-bond acceptors (Lipinski definition) is 6. The summed E-state index contributed by atoms with van der Waals surface area (Å²) in [5.74, 6) is -0.296. The van der Waals surface area contributed by atoms with Crippen molar-refractivity contribution in [3.63, 3.8) is 0 Å². The van der Waals surface area contributed by atoms with E-state index in [4.69, 9.17) is 4.74 Å². The summed E-state index contributed by atoms with van der Waals surface area (Å²) in [6.45, 7) is 4.29. The van der Waals surface area contributed by atoms with Crippen molar-refractivity contribution >= 4 is 27.7 Å². The molecular formula is C21H25BrN4O4. The fourth-order valence-electron chi connectivity index (χ4n) is 3.36. The van der Waals surface area contributed by atoms with E-state index >= 15 is 0 Å². The number of aliphatic hydroxyl groups is 1. The number of likely N-dealkylation sites (N-methyl/N-ethyl adjacent to an activating group) is 1. The van der Waals surface area contributed by atoms with Crippen LogP contribution in [-0.2, 0) is 0 Å². The molecule has 1 aliphatic rings. The molecule has 0 radical (unpaired) electrons. The molecule has 9 heteroatoms. The van der Waals surface area contributed by atoms with Crippen molar-refractivity contribution in [1.29, 1.82) is 0 Å². The van der Waals surface area contributed by atoms with Gasteiger partial charge in [-0.1, -0.05) is 6.92 Å². The predicted molar refractivity (Wildman–Crippen MR) is 114 cm³/mol. The smallest absolute Gasteiger partial charge is 0.259 e. The Kier molecular flexibility index (Phi) is 7.04. The van der Waals surface area contributed by atoms with Crippen molar-refractivity contribution in [2.24, 2.45) is 5.92 Å². The second-order valence-corrected chi connectivity index (χ2v) is 8.47. The summed E-state index contributed by atoms with van der Waals surface area (Å²) in [5.41, 5.74) is 0.814. The van der Waals surface area contributed by atoms with Gasteiger partial charge in [0.2, 0.25) is 5.88 Å². The van der Waals surface area contributed by atoms with E-state index in [2.05, 4.69) is 25.9 Å². The van der Waals surface area contributed by atoms with Gasteiger partial charge in [-0.15, -0.1) is 0 Å². The maximum atomic E-state index is 13.1. The quantitative estimate of drug-likeness (QED) is 0.710. The topological polar surface area (TPSA) is 95.9 Å². The summed E-state index contributed by atoms with van der Waals surface area (Å²) in [6, 6.07) is 4.74. The van der Waals surface area contributed by atoms with Gasteiger partial charge in [0.25, 0.3) is 11.8 Å². The molecule has 2 aromatic rings. The van der Waals surface area contributed by atoms with E-state index in [1.807, 2.05) is 6.92 Å². The summed E-state index contributed by atoms with van der Waals surface area (Å²) in [5, 5.41) is 9.66. The first-order valence-corrected chi connectivity index (χ1v) is 10.5. The van der Waals surface area contributed by atoms with Crippen LogP contribution in [0.5, 0.6) is 5.88 Å². The van der Waals surface area contributed by atoms with Crippen molar-refractivity contribution < 1.29 is 19.4 Å². The Morgan fingerprint density at radius 3 is 2.90 bits per heavy atom. The lowest BCUT2D eigenvalue weighted by atomic mass is 10.00. The van der Waals surface area contributed by atoms with Crippen LogP contribution in [0.4, 0.5) is 0 Å². The van der Waals surface area contributed by atoms with Crippen LogP contribution in [0.15, 0.2) is 41.3 Å². The van der Waals surface area contributed by atoms with Gasteiger partial charge in [-0.25, -0.2) is 4.98 Å². The fourth-order valence-corrected chi connectivity index (χ4v) is 3.69. The van der Waals surface area contributed by atoms with Crippen LogP contribution in [-0.4, -0.2) is 75.6 Å². The predicted octanol–water partition coefficient (Wildman–Crippen LogP) is 2.23. The van der Waals surface area contributed by atoms with Gasteiger partial charge in [0.05, 0.1) is 24.8 Å². The summed E-state index contributed by atoms with van der Waals surface area (Å²) in [6.07, 6.45) is 4.31. The molecule has 3 rings (SSSR count). The lowest BCUT2D eigenvalue weighted by molar-refractivity contribution is 0.0313. The molecule has 0 spiro atoms. The average molecular weight is 477 g/mol. The maximum absolute atomic E-state index is 13.1. The molecule has 30 heavy (non-hydrogen) atoms. The Morgan fingerprint density at radius 2 is 2.23 bits per heavy atom. The molecule has 0 unspecified atom stereocenters. The van der Waals surface area contributed by atoms with E-state index in [9.17, 15) is 14.7 Å². The van der Waals surface area contributed by atoms with Crippen LogP contribution in [0.3, 0.4) is 0 Å². The van der Waals surface area contributed by atoms with E-state index in [0.717, 1.165) is 0 Å². The fraction of sp³-hybridized carbons (Fsp3) is 0.429. The van der Waals surface area contributed by atoms with E-state index in [1.54, 1.807) is 54.4 Å². The summed E-state index contributed by atoms with van der Waals surface area (Å²) < 4.78 is 6.80. The largest absolute Gasteiger partial charge is 0.472 e. The van der Waals surface area contributed by atoms with Crippen molar-refractivity contribution in [3.8, 4) is 5.88 Å². The first kappa shape index (κ1) is 22.2. The molecule has 0 fully saturated rings. The number of rotatable bonds is 5. The van der Waals surface area contributed by atoms with Gasteiger partial charge in [0, 0.05) is 42.6 Å². The minimum atomic E-state index is -0.399. The number of nitrogens with zero attached hydrogens (tertiary/aromatic N) is 4. The third kappa shape index (κ3) is 4.79. The highest BCUT2D eigenvalue weighted by Gasteiger charge is 2.34. The molecule has 0 saturated carbocycles. The zero-order chi connectivity index (χ0) is 21.8. The molecule has 8 nitrogen and oxygen atoms in total. The van der Waals surface area contributed by atoms with Crippen molar-refractivity contribution in [2.45, 2.75) is 26.0 Å². The second-order valence-electron chi connectivity index (χ2n) is 7.56. The Hall–Kier alpha value is -2.52. The number of carbonyl (C=O) groups excluding carboxylic acids is 2. The lowest BCUT2D eigenvalue weighted by Crippen LogP contribution is -2.50. The van der Waals surface area contributed by atoms with Gasteiger partial charge >= 0.3 is 0 Å². The molecule has 1 aliphatic heterocycles. The van der Waals surface area contributed by atoms with Crippen molar-refractivity contribution in [3.05, 3.63) is 52.4 Å². The minimum absolute atomic E-state index is 0.106. The zero-order valence-electron chi connectivity index (χ0n) is 17.2. The SMILES string of the molecule is C[C@@H]1CN([C@@H](C)CO)C(=O)c2cc(Br)cnc2O[C@@H]1CN(C)C(=O)c1cccnc1. The minimum Gasteiger partial charge on any atom is -0.472 e. The number of aromatic nitrogens is 2. The highest BCUT2D eigenvalue weighted by Crippen LogP contribution is 2.28. The van der Waals surface area contributed by atoms with Crippen LogP contribution in [0.25, 0.3) is 0 Å². The summed E-state index contributed by atoms with van der Waals surface area (Å²) in [4.78, 5) is 37.4. The van der Waals surface area contributed by atoms with Gasteiger partial charge in [-0.3, -0.25) is 14.6 Å². The van der Waals surface area contributed by atoms with Crippen LogP contribution in [0.1, 0.15) is 34.6 Å². The third-order valence-corrected chi connectivity index (χ3v) is 5.63. The first-order chi connectivity index (χ1) is 14.3. The molecular weight excluding hydrogens is 452 g/mol. The number of hydrogen-bond donors (Lipinski definition) is 1. The average Bonchev–Trinajstić information content (AvgIpc) is 2.76. The molecule has 3 heterocycles. The Morgan fingerprint density at radius 1 is 1.47 bits per heavy atom. The molecule has 0 bridgehead atoms. The molecule has 160 valence electrons. The number of aliphatic hydroxyl groups excluding tert-OH is 1. The monoisotopic (exact) mass is 476 g/mol. The molecule has 0 saturated heterocycles. The third-order valence-electron chi connectivity index (χ3n) is 5.20. The number of fused-ring (bicyclic) bond motifs is 1. The Bertz CT molecular complexity index is 911. The van der Waals surface area contributed by atoms with Gasteiger partial charge in [0.1, 0.15) is 11.7 Å². The number of ether oxygens (including phenoxy) is 1. The first-order valence-electron chi connectivity index (χ1n) is 9.71. The highest BCUT2D eigenvalue weighted by molar-refractivity contribution is 9.10. The molecule has 2 aromatic heterocycles. The summed E-state index contributed by atoms with van der Waals surface area (Å²) >= 11 is 3.35. The van der Waals surface area contributed by atoms with Crippen molar-refractivity contribution in [1.82, 2.24) is 19.8 Å². The van der Waals surface area contributed by atoms with Gasteiger partial charge in [-0.2, -0.15) is 0 Å². The maximum Gasteiger partial charge on any atom is 0.259 e. The molecule has 1 N–H and O–H groups in total. The van der Waals surface area contributed by atoms with Gasteiger partial charge < -0.3 is 19.6 Å².